The van der Waals surface area contributed by atoms with E-state index in [4.69, 9.17) is 0 Å². The second kappa shape index (κ2) is 9.61. The van der Waals surface area contributed by atoms with Crippen LogP contribution in [0.4, 0.5) is 0 Å². The lowest BCUT2D eigenvalue weighted by Crippen LogP contribution is -2.38. The molecule has 24 heavy (non-hydrogen) atoms. The molecule has 6 nitrogen and oxygen atoms in total. The lowest BCUT2D eigenvalue weighted by molar-refractivity contribution is -0.132. The Bertz CT molecular complexity index is 647. The first-order chi connectivity index (χ1) is 10.8. The summed E-state index contributed by atoms with van der Waals surface area (Å²) in [6, 6.07) is 10.1. The van der Waals surface area contributed by atoms with Gasteiger partial charge in [-0.15, -0.1) is 35.0 Å². The van der Waals surface area contributed by atoms with Crippen LogP contribution in [0.3, 0.4) is 0 Å². The number of benzene rings is 1. The third-order valence-corrected chi connectivity index (χ3v) is 3.96. The molecule has 0 saturated carbocycles. The Balaban J connectivity index is 0.00000144. The van der Waals surface area contributed by atoms with E-state index in [1.807, 2.05) is 42.3 Å². The molecule has 0 bridgehead atoms. The zero-order chi connectivity index (χ0) is 15.4. The van der Waals surface area contributed by atoms with Gasteiger partial charge >= 0.3 is 0 Å². The van der Waals surface area contributed by atoms with Crippen molar-refractivity contribution in [2.24, 2.45) is 0 Å². The summed E-state index contributed by atoms with van der Waals surface area (Å²) in [4.78, 5) is 14.1. The Kier molecular flexibility index (Phi) is 8.18. The summed E-state index contributed by atoms with van der Waals surface area (Å²) in [6.07, 6.45) is 1.45. The minimum atomic E-state index is 0. The first-order valence-corrected chi connectivity index (χ1v) is 7.69. The van der Waals surface area contributed by atoms with Crippen LogP contribution in [-0.2, 0) is 17.9 Å². The summed E-state index contributed by atoms with van der Waals surface area (Å²) >= 11 is 0. The maximum Gasteiger partial charge on any atom is 0.223 e. The van der Waals surface area contributed by atoms with Crippen molar-refractivity contribution in [3.63, 3.8) is 0 Å². The fourth-order valence-corrected chi connectivity index (χ4v) is 2.75. The van der Waals surface area contributed by atoms with E-state index >= 15 is 0 Å². The molecule has 0 atom stereocenters. The van der Waals surface area contributed by atoms with Gasteiger partial charge in [0.1, 0.15) is 0 Å². The predicted molar refractivity (Wildman–Crippen MR) is 98.5 cm³/mol. The highest BCUT2D eigenvalue weighted by atomic mass is 35.5. The van der Waals surface area contributed by atoms with E-state index in [0.29, 0.717) is 13.0 Å². The highest BCUT2D eigenvalue weighted by molar-refractivity contribution is 5.85. The van der Waals surface area contributed by atoms with Crippen molar-refractivity contribution in [2.45, 2.75) is 25.9 Å². The van der Waals surface area contributed by atoms with Crippen molar-refractivity contribution < 1.29 is 4.79 Å². The summed E-state index contributed by atoms with van der Waals surface area (Å²) in [5.41, 5.74) is 1.06. The molecule has 1 aromatic heterocycles. The van der Waals surface area contributed by atoms with Crippen molar-refractivity contribution in [3.8, 4) is 11.4 Å². The third kappa shape index (κ3) is 4.47. The van der Waals surface area contributed by atoms with Crippen LogP contribution >= 0.6 is 24.8 Å². The van der Waals surface area contributed by atoms with Crippen molar-refractivity contribution in [2.75, 3.05) is 20.1 Å². The molecule has 0 aliphatic carbocycles. The van der Waals surface area contributed by atoms with Gasteiger partial charge in [-0.25, -0.2) is 0 Å². The molecule has 132 valence electrons. The topological polar surface area (TPSA) is 63.1 Å². The van der Waals surface area contributed by atoms with Gasteiger partial charge in [0, 0.05) is 25.1 Å². The van der Waals surface area contributed by atoms with E-state index in [1.54, 1.807) is 0 Å². The number of aromatic nitrogens is 3. The molecular weight excluding hydrogens is 349 g/mol. The molecule has 1 N–H and O–H groups in total. The molecule has 8 heteroatoms. The monoisotopic (exact) mass is 371 g/mol. The first-order valence-electron chi connectivity index (χ1n) is 7.69. The zero-order valence-corrected chi connectivity index (χ0v) is 15.3. The molecule has 0 spiro atoms. The van der Waals surface area contributed by atoms with Crippen LogP contribution in [-0.4, -0.2) is 45.7 Å². The fraction of sp³-hybridized carbons (Fsp3) is 0.438. The summed E-state index contributed by atoms with van der Waals surface area (Å²) in [6.45, 7) is 2.90. The number of hydrogen-bond donors (Lipinski definition) is 1. The molecule has 1 aromatic carbocycles. The summed E-state index contributed by atoms with van der Waals surface area (Å²) in [7, 11) is 1.90. The Labute approximate surface area is 154 Å². The van der Waals surface area contributed by atoms with Crippen molar-refractivity contribution in [1.82, 2.24) is 25.0 Å². The molecule has 3 rings (SSSR count). The first kappa shape index (κ1) is 20.4. The van der Waals surface area contributed by atoms with Gasteiger partial charge in [0.15, 0.2) is 11.6 Å². The normalized spacial score (nSPS) is 12.8. The Morgan fingerprint density at radius 2 is 1.92 bits per heavy atom. The number of rotatable bonds is 5. The van der Waals surface area contributed by atoms with E-state index in [-0.39, 0.29) is 30.7 Å². The Morgan fingerprint density at radius 3 is 2.62 bits per heavy atom. The third-order valence-electron chi connectivity index (χ3n) is 3.96. The van der Waals surface area contributed by atoms with Gasteiger partial charge in [0.2, 0.25) is 5.91 Å². The van der Waals surface area contributed by atoms with Crippen molar-refractivity contribution in [3.05, 3.63) is 36.2 Å². The van der Waals surface area contributed by atoms with E-state index in [1.165, 1.54) is 0 Å². The summed E-state index contributed by atoms with van der Waals surface area (Å²) in [5, 5.41) is 11.6. The second-order valence-electron chi connectivity index (χ2n) is 5.48. The Hall–Kier alpha value is -1.63. The molecular formula is C16H23Cl2N5O. The predicted octanol–water partition coefficient (Wildman–Crippen LogP) is 2.13. The molecule has 0 saturated heterocycles. The number of nitrogens with zero attached hydrogens (tertiary/aromatic N) is 4. The second-order valence-corrected chi connectivity index (χ2v) is 5.48. The molecule has 1 amide bonds. The smallest absolute Gasteiger partial charge is 0.223 e. The zero-order valence-electron chi connectivity index (χ0n) is 13.6. The Morgan fingerprint density at radius 1 is 1.17 bits per heavy atom. The van der Waals surface area contributed by atoms with Crippen LogP contribution in [0, 0.1) is 0 Å². The van der Waals surface area contributed by atoms with Gasteiger partial charge in [-0.3, -0.25) is 4.79 Å². The van der Waals surface area contributed by atoms with Crippen LogP contribution in [0.25, 0.3) is 11.4 Å². The SMILES string of the molecule is CNCCCC(=O)N1CCn2c(nnc2-c2ccccc2)C1.Cl.Cl. The molecule has 2 heterocycles. The average Bonchev–Trinajstić information content (AvgIpc) is 2.99. The molecule has 0 unspecified atom stereocenters. The number of carbonyl (C=O) groups excluding carboxylic acids is 1. The standard InChI is InChI=1S/C16H21N5O.2ClH/c1-17-9-5-8-15(22)20-10-11-21-14(12-20)18-19-16(21)13-6-3-2-4-7-13;;/h2-4,6-7,17H,5,8-12H2,1H3;2*1H. The molecule has 1 aliphatic rings. The number of fused-ring (bicyclic) bond motifs is 1. The van der Waals surface area contributed by atoms with Gasteiger partial charge in [0.05, 0.1) is 6.54 Å². The summed E-state index contributed by atoms with van der Waals surface area (Å²) < 4.78 is 2.12. The molecule has 2 aromatic rings. The van der Waals surface area contributed by atoms with Crippen LogP contribution < -0.4 is 5.32 Å². The number of hydrogen-bond acceptors (Lipinski definition) is 4. The molecule has 0 fully saturated rings. The lowest BCUT2D eigenvalue weighted by atomic mass is 10.2. The number of halogens is 2. The van der Waals surface area contributed by atoms with E-state index in [2.05, 4.69) is 20.1 Å². The fourth-order valence-electron chi connectivity index (χ4n) is 2.75. The summed E-state index contributed by atoms with van der Waals surface area (Å²) in [5.74, 6) is 1.95. The minimum absolute atomic E-state index is 0. The van der Waals surface area contributed by atoms with Crippen LogP contribution in [0.15, 0.2) is 30.3 Å². The van der Waals surface area contributed by atoms with Crippen molar-refractivity contribution in [1.29, 1.82) is 0 Å². The van der Waals surface area contributed by atoms with Gasteiger partial charge in [-0.1, -0.05) is 30.3 Å². The largest absolute Gasteiger partial charge is 0.333 e. The van der Waals surface area contributed by atoms with Gasteiger partial charge in [0.25, 0.3) is 0 Å². The maximum absolute atomic E-state index is 12.2. The number of carbonyl (C=O) groups is 1. The lowest BCUT2D eigenvalue weighted by Gasteiger charge is -2.28. The average molecular weight is 372 g/mol. The highest BCUT2D eigenvalue weighted by Crippen LogP contribution is 2.21. The van der Waals surface area contributed by atoms with Crippen LogP contribution in [0.5, 0.6) is 0 Å². The molecule has 1 aliphatic heterocycles. The van der Waals surface area contributed by atoms with Crippen molar-refractivity contribution >= 4 is 30.7 Å². The quantitative estimate of drug-likeness (QED) is 0.817. The number of amides is 1. The number of nitrogens with one attached hydrogen (secondary N) is 1. The maximum atomic E-state index is 12.2. The van der Waals surface area contributed by atoms with E-state index < -0.39 is 0 Å². The van der Waals surface area contributed by atoms with Gasteiger partial charge in [-0.2, -0.15) is 0 Å². The van der Waals surface area contributed by atoms with E-state index in [0.717, 1.165) is 43.3 Å². The van der Waals surface area contributed by atoms with Gasteiger partial charge in [-0.05, 0) is 20.0 Å². The van der Waals surface area contributed by atoms with Crippen LogP contribution in [0.2, 0.25) is 0 Å². The van der Waals surface area contributed by atoms with E-state index in [9.17, 15) is 4.79 Å². The highest BCUT2D eigenvalue weighted by Gasteiger charge is 2.24. The minimum Gasteiger partial charge on any atom is -0.333 e. The van der Waals surface area contributed by atoms with Gasteiger partial charge < -0.3 is 14.8 Å². The van der Waals surface area contributed by atoms with Crippen LogP contribution in [0.1, 0.15) is 18.7 Å². The molecule has 0 radical (unpaired) electrons.